The molecule has 144 valence electrons. The lowest BCUT2D eigenvalue weighted by molar-refractivity contribution is -0.141. The van der Waals surface area contributed by atoms with Crippen LogP contribution in [0.4, 0.5) is 0 Å². The molecular weight excluding hydrogens is 358 g/mol. The lowest BCUT2D eigenvalue weighted by Crippen LogP contribution is -2.49. The number of ether oxygens (including phenoxy) is 1. The molecule has 2 heterocycles. The third-order valence-electron chi connectivity index (χ3n) is 6.27. The fourth-order valence-corrected chi connectivity index (χ4v) is 4.88. The Morgan fingerprint density at radius 2 is 1.77 bits per heavy atom. The number of hydrogen-bond donors (Lipinski definition) is 2. The Kier molecular flexibility index (Phi) is 5.69. The minimum Gasteiger partial charge on any atom is -0.381 e. The molecule has 4 rings (SSSR count). The molecule has 2 aliphatic heterocycles. The number of halogens is 1. The Bertz CT molecular complexity index is 590. The summed E-state index contributed by atoms with van der Waals surface area (Å²) in [5, 5.41) is 2.78. The molecule has 8 heteroatoms. The Hall–Kier alpha value is -1.44. The third-order valence-corrected chi connectivity index (χ3v) is 6.27. The first kappa shape index (κ1) is 19.3. The second-order valence-corrected chi connectivity index (χ2v) is 7.59. The van der Waals surface area contributed by atoms with Crippen LogP contribution in [-0.4, -0.2) is 55.0 Å². The molecule has 0 aromatic rings. The molecule has 2 saturated heterocycles. The average Bonchev–Trinajstić information content (AvgIpc) is 3.31. The van der Waals surface area contributed by atoms with Gasteiger partial charge in [-0.2, -0.15) is 0 Å². The average molecular weight is 384 g/mol. The number of rotatable bonds is 5. The van der Waals surface area contributed by atoms with E-state index in [0.29, 0.717) is 13.2 Å². The maximum Gasteiger partial charge on any atom is 0.237 e. The van der Waals surface area contributed by atoms with Gasteiger partial charge in [0.2, 0.25) is 17.7 Å². The normalized spacial score (nSPS) is 34.0. The number of imide groups is 1. The summed E-state index contributed by atoms with van der Waals surface area (Å²) in [5.74, 6) is -0.159. The highest BCUT2D eigenvalue weighted by molar-refractivity contribution is 6.06. The Morgan fingerprint density at radius 1 is 1.19 bits per heavy atom. The number of nitrogens with two attached hydrogens (primary N) is 1. The number of fused-ring (bicyclic) bond motifs is 5. The summed E-state index contributed by atoms with van der Waals surface area (Å²) in [4.78, 5) is 38.7. The van der Waals surface area contributed by atoms with Crippen LogP contribution >= 0.6 is 12.4 Å². The molecular formula is C18H26ClN3O4. The molecule has 26 heavy (non-hydrogen) atoms. The van der Waals surface area contributed by atoms with Gasteiger partial charge in [-0.3, -0.25) is 19.3 Å². The lowest BCUT2D eigenvalue weighted by atomic mass is 9.85. The molecule has 3 fully saturated rings. The third kappa shape index (κ3) is 3.17. The molecule has 4 aliphatic rings. The number of nitrogens with one attached hydrogen (secondary N) is 1. The van der Waals surface area contributed by atoms with Gasteiger partial charge in [0.05, 0.1) is 17.9 Å². The number of carbonyl (C=O) groups excluding carboxylic acids is 3. The number of nitrogens with zero attached hydrogens (tertiary/aromatic N) is 1. The van der Waals surface area contributed by atoms with Crippen LogP contribution in [0, 0.1) is 29.6 Å². The summed E-state index contributed by atoms with van der Waals surface area (Å²) in [6.45, 7) is 1.77. The topological polar surface area (TPSA) is 102 Å². The van der Waals surface area contributed by atoms with E-state index in [2.05, 4.69) is 17.5 Å². The number of hydrogen-bond acceptors (Lipinski definition) is 5. The Morgan fingerprint density at radius 3 is 2.35 bits per heavy atom. The van der Waals surface area contributed by atoms with Crippen LogP contribution in [-0.2, 0) is 19.1 Å². The minimum atomic E-state index is -0.562. The van der Waals surface area contributed by atoms with E-state index in [1.54, 1.807) is 0 Å². The first-order chi connectivity index (χ1) is 12.1. The van der Waals surface area contributed by atoms with Crippen LogP contribution in [0.15, 0.2) is 12.2 Å². The molecule has 2 bridgehead atoms. The monoisotopic (exact) mass is 383 g/mol. The first-order valence-electron chi connectivity index (χ1n) is 9.22. The van der Waals surface area contributed by atoms with Crippen molar-refractivity contribution in [3.05, 3.63) is 12.2 Å². The van der Waals surface area contributed by atoms with Crippen molar-refractivity contribution in [1.82, 2.24) is 10.2 Å². The van der Waals surface area contributed by atoms with E-state index in [0.717, 1.165) is 19.3 Å². The van der Waals surface area contributed by atoms with Crippen LogP contribution < -0.4 is 11.1 Å². The SMILES string of the molecule is Cl.NC(C(=O)NCCN1C(=O)C2C3C=CC(C3)C2C1=O)C1CCOCC1. The van der Waals surface area contributed by atoms with Crippen molar-refractivity contribution in [2.75, 3.05) is 26.3 Å². The zero-order chi connectivity index (χ0) is 17.6. The highest BCUT2D eigenvalue weighted by Crippen LogP contribution is 2.52. The van der Waals surface area contributed by atoms with E-state index in [1.807, 2.05) is 0 Å². The minimum absolute atomic E-state index is 0. The molecule has 0 spiro atoms. The van der Waals surface area contributed by atoms with Gasteiger partial charge in [0, 0.05) is 26.3 Å². The molecule has 3 N–H and O–H groups in total. The van der Waals surface area contributed by atoms with Gasteiger partial charge in [-0.1, -0.05) is 12.2 Å². The van der Waals surface area contributed by atoms with Gasteiger partial charge in [-0.25, -0.2) is 0 Å². The van der Waals surface area contributed by atoms with Gasteiger partial charge < -0.3 is 15.8 Å². The Balaban J connectivity index is 0.00000196. The smallest absolute Gasteiger partial charge is 0.237 e. The van der Waals surface area contributed by atoms with Crippen molar-refractivity contribution in [3.8, 4) is 0 Å². The maximum absolute atomic E-state index is 12.6. The summed E-state index contributed by atoms with van der Waals surface area (Å²) < 4.78 is 5.29. The maximum atomic E-state index is 12.6. The zero-order valence-corrected chi connectivity index (χ0v) is 15.5. The van der Waals surface area contributed by atoms with E-state index in [-0.39, 0.29) is 72.8 Å². The fraction of sp³-hybridized carbons (Fsp3) is 0.722. The van der Waals surface area contributed by atoms with E-state index in [1.165, 1.54) is 4.90 Å². The molecule has 0 aromatic carbocycles. The Labute approximate surface area is 159 Å². The summed E-state index contributed by atoms with van der Waals surface area (Å²) >= 11 is 0. The highest BCUT2D eigenvalue weighted by Gasteiger charge is 2.58. The van der Waals surface area contributed by atoms with Crippen molar-refractivity contribution in [3.63, 3.8) is 0 Å². The highest BCUT2D eigenvalue weighted by atomic mass is 35.5. The van der Waals surface area contributed by atoms with Crippen molar-refractivity contribution < 1.29 is 19.1 Å². The van der Waals surface area contributed by atoms with Crippen molar-refractivity contribution in [1.29, 1.82) is 0 Å². The van der Waals surface area contributed by atoms with Crippen molar-refractivity contribution >= 4 is 30.1 Å². The summed E-state index contributed by atoms with van der Waals surface area (Å²) in [6, 6.07) is -0.562. The van der Waals surface area contributed by atoms with Crippen molar-refractivity contribution in [2.24, 2.45) is 35.3 Å². The molecule has 7 nitrogen and oxygen atoms in total. The van der Waals surface area contributed by atoms with Crippen LogP contribution in [0.1, 0.15) is 19.3 Å². The quantitative estimate of drug-likeness (QED) is 0.517. The van der Waals surface area contributed by atoms with Crippen LogP contribution in [0.5, 0.6) is 0 Å². The van der Waals surface area contributed by atoms with E-state index in [9.17, 15) is 14.4 Å². The molecule has 2 aliphatic carbocycles. The van der Waals surface area contributed by atoms with Crippen LogP contribution in [0.2, 0.25) is 0 Å². The largest absolute Gasteiger partial charge is 0.381 e. The van der Waals surface area contributed by atoms with Gasteiger partial charge in [-0.05, 0) is 37.0 Å². The van der Waals surface area contributed by atoms with Crippen molar-refractivity contribution in [2.45, 2.75) is 25.3 Å². The lowest BCUT2D eigenvalue weighted by Gasteiger charge is -2.27. The van der Waals surface area contributed by atoms with Gasteiger partial charge in [0.25, 0.3) is 0 Å². The summed E-state index contributed by atoms with van der Waals surface area (Å²) in [5.41, 5.74) is 6.04. The summed E-state index contributed by atoms with van der Waals surface area (Å²) in [6.07, 6.45) is 6.66. The number of allylic oxidation sites excluding steroid dienone is 2. The second kappa shape index (κ2) is 7.66. The molecule has 0 radical (unpaired) electrons. The molecule has 3 amide bonds. The summed E-state index contributed by atoms with van der Waals surface area (Å²) in [7, 11) is 0. The van der Waals surface area contributed by atoms with Gasteiger partial charge in [0.1, 0.15) is 0 Å². The zero-order valence-electron chi connectivity index (χ0n) is 14.6. The molecule has 1 saturated carbocycles. The van der Waals surface area contributed by atoms with E-state index < -0.39 is 6.04 Å². The van der Waals surface area contributed by atoms with Crippen LogP contribution in [0.3, 0.4) is 0 Å². The predicted octanol–water partition coefficient (Wildman–Crippen LogP) is 0.0854. The number of likely N-dealkylation sites (tertiary alicyclic amines) is 1. The number of carbonyl (C=O) groups is 3. The number of amides is 3. The van der Waals surface area contributed by atoms with Crippen LogP contribution in [0.25, 0.3) is 0 Å². The van der Waals surface area contributed by atoms with E-state index >= 15 is 0 Å². The molecule has 0 aromatic heterocycles. The van der Waals surface area contributed by atoms with E-state index in [4.69, 9.17) is 10.5 Å². The first-order valence-corrected chi connectivity index (χ1v) is 9.22. The fourth-order valence-electron chi connectivity index (χ4n) is 4.88. The standard InChI is InChI=1S/C18H25N3O4.ClH/c19-15(10-3-7-25-8-4-10)16(22)20-5-6-21-17(23)13-11-1-2-12(9-11)14(13)18(21)24;/h1-2,10-15H,3-9,19H2,(H,20,22);1H. The molecule has 5 atom stereocenters. The predicted molar refractivity (Wildman–Crippen MR) is 96.2 cm³/mol. The van der Waals surface area contributed by atoms with Gasteiger partial charge >= 0.3 is 0 Å². The second-order valence-electron chi connectivity index (χ2n) is 7.59. The van der Waals surface area contributed by atoms with Gasteiger partial charge in [-0.15, -0.1) is 12.4 Å². The molecule has 5 unspecified atom stereocenters. The van der Waals surface area contributed by atoms with Gasteiger partial charge in [0.15, 0.2) is 0 Å².